The van der Waals surface area contributed by atoms with Gasteiger partial charge in [-0.3, -0.25) is 9.78 Å². The topological polar surface area (TPSA) is 77.1 Å². The molecule has 0 amide bonds. The van der Waals surface area contributed by atoms with E-state index in [-0.39, 0.29) is 18.3 Å². The third-order valence-corrected chi connectivity index (χ3v) is 5.48. The lowest BCUT2D eigenvalue weighted by Crippen LogP contribution is -2.36. The van der Waals surface area contributed by atoms with Gasteiger partial charge < -0.3 is 14.5 Å². The van der Waals surface area contributed by atoms with Gasteiger partial charge in [-0.2, -0.15) is 13.2 Å². The van der Waals surface area contributed by atoms with Gasteiger partial charge in [0.25, 0.3) is 0 Å². The van der Waals surface area contributed by atoms with Gasteiger partial charge in [-0.05, 0) is 64.1 Å². The van der Waals surface area contributed by atoms with Gasteiger partial charge in [0.1, 0.15) is 23.6 Å². The van der Waals surface area contributed by atoms with Crippen LogP contribution >= 0.6 is 0 Å². The summed E-state index contributed by atoms with van der Waals surface area (Å²) in [5.74, 6) is 0.565. The van der Waals surface area contributed by atoms with E-state index in [1.807, 2.05) is 12.1 Å². The fraction of sp³-hybridized carbons (Fsp3) is 0.375. The Morgan fingerprint density at radius 2 is 1.58 bits per heavy atom. The van der Waals surface area contributed by atoms with Crippen molar-refractivity contribution in [2.75, 3.05) is 13.7 Å². The minimum absolute atomic E-state index is 0.0138. The first kappa shape index (κ1) is 24.3. The van der Waals surface area contributed by atoms with Crippen molar-refractivity contribution in [1.82, 2.24) is 15.0 Å². The third-order valence-electron chi connectivity index (χ3n) is 5.48. The molecule has 0 atom stereocenters. The van der Waals surface area contributed by atoms with Crippen LogP contribution in [0.15, 0.2) is 48.8 Å². The minimum atomic E-state index is -4.40. The van der Waals surface area contributed by atoms with E-state index in [1.165, 1.54) is 13.3 Å². The number of H-pyrrole nitrogens is 1. The van der Waals surface area contributed by atoms with Crippen LogP contribution in [-0.2, 0) is 14.9 Å². The number of imidazole rings is 1. The first-order valence-corrected chi connectivity index (χ1v) is 10.3. The molecule has 1 aromatic carbocycles. The van der Waals surface area contributed by atoms with E-state index in [1.54, 1.807) is 44.3 Å². The number of nitrogens with zero attached hydrogens (tertiary/aromatic N) is 2. The van der Waals surface area contributed by atoms with E-state index in [9.17, 15) is 18.0 Å². The van der Waals surface area contributed by atoms with Crippen molar-refractivity contribution >= 4 is 5.97 Å². The molecule has 33 heavy (non-hydrogen) atoms. The Morgan fingerprint density at radius 1 is 0.939 bits per heavy atom. The predicted octanol–water partition coefficient (Wildman–Crippen LogP) is 5.56. The molecule has 2 aromatic heterocycles. The fourth-order valence-electron chi connectivity index (χ4n) is 2.96. The third kappa shape index (κ3) is 5.18. The van der Waals surface area contributed by atoms with Gasteiger partial charge in [0.2, 0.25) is 0 Å². The van der Waals surface area contributed by atoms with Crippen molar-refractivity contribution in [2.24, 2.45) is 5.41 Å². The van der Waals surface area contributed by atoms with E-state index in [2.05, 4.69) is 15.0 Å². The van der Waals surface area contributed by atoms with Crippen LogP contribution in [0.5, 0.6) is 5.75 Å². The van der Waals surface area contributed by atoms with Crippen LogP contribution in [0.1, 0.15) is 33.4 Å². The van der Waals surface area contributed by atoms with E-state index < -0.39 is 17.0 Å². The molecule has 0 fully saturated rings. The highest BCUT2D eigenvalue weighted by molar-refractivity contribution is 5.76. The molecule has 0 saturated carbocycles. The molecule has 1 N–H and O–H groups in total. The fourth-order valence-corrected chi connectivity index (χ4v) is 2.96. The quantitative estimate of drug-likeness (QED) is 0.467. The van der Waals surface area contributed by atoms with Crippen molar-refractivity contribution in [2.45, 2.75) is 39.3 Å². The van der Waals surface area contributed by atoms with E-state index >= 15 is 0 Å². The Hall–Kier alpha value is -3.36. The Balaban J connectivity index is 1.70. The summed E-state index contributed by atoms with van der Waals surface area (Å²) in [6.45, 7) is 5.86. The largest absolute Gasteiger partial charge is 0.492 e. The molecule has 0 aliphatic heterocycles. The van der Waals surface area contributed by atoms with Gasteiger partial charge in [0, 0.05) is 29.2 Å². The number of nitrogens with one attached hydrogen (secondary N) is 1. The van der Waals surface area contributed by atoms with Crippen LogP contribution < -0.4 is 4.74 Å². The monoisotopic (exact) mass is 461 g/mol. The van der Waals surface area contributed by atoms with Crippen LogP contribution in [0, 0.1) is 5.41 Å². The number of alkyl halides is 3. The molecule has 2 heterocycles. The van der Waals surface area contributed by atoms with Crippen molar-refractivity contribution in [1.29, 1.82) is 0 Å². The lowest BCUT2D eigenvalue weighted by molar-refractivity contribution is -0.181. The number of ether oxygens (including phenoxy) is 2. The summed E-state index contributed by atoms with van der Waals surface area (Å²) in [4.78, 5) is 23.0. The summed E-state index contributed by atoms with van der Waals surface area (Å²) in [7, 11) is 1.34. The molecule has 176 valence electrons. The first-order valence-electron chi connectivity index (χ1n) is 10.3. The number of esters is 1. The van der Waals surface area contributed by atoms with Crippen LogP contribution in [-0.4, -0.2) is 40.8 Å². The number of methoxy groups -OCH3 is 1. The highest BCUT2D eigenvalue weighted by atomic mass is 19.4. The Bertz CT molecular complexity index is 1100. The standard InChI is InChI=1S/C24H26F3N3O3/c1-22(2,21(31)32-5)14-33-17-9-6-15(7-10-17)18-11-8-16(12-28-18)20-29-13-19(30-20)23(3,4)24(25,26)27/h6-13H,14H2,1-5H3,(H,29,30). The molecule has 0 spiro atoms. The maximum absolute atomic E-state index is 13.3. The first-order chi connectivity index (χ1) is 15.3. The molecule has 0 unspecified atom stereocenters. The number of halogens is 3. The normalized spacial score (nSPS) is 12.5. The molecular formula is C24H26F3N3O3. The van der Waals surface area contributed by atoms with Gasteiger partial charge in [0.05, 0.1) is 18.2 Å². The zero-order valence-electron chi connectivity index (χ0n) is 19.1. The van der Waals surface area contributed by atoms with Gasteiger partial charge >= 0.3 is 12.1 Å². The SMILES string of the molecule is COC(=O)C(C)(C)COc1ccc(-c2ccc(-c3ncc(C(C)(C)C(F)(F)F)[nH]3)cn2)cc1. The van der Waals surface area contributed by atoms with Crippen LogP contribution in [0.4, 0.5) is 13.2 Å². The number of benzene rings is 1. The molecule has 3 aromatic rings. The maximum Gasteiger partial charge on any atom is 0.399 e. The second-order valence-electron chi connectivity index (χ2n) is 8.89. The molecule has 9 heteroatoms. The number of carbonyl (C=O) groups is 1. The van der Waals surface area contributed by atoms with Gasteiger partial charge in [-0.25, -0.2) is 4.98 Å². The van der Waals surface area contributed by atoms with Crippen molar-refractivity contribution in [3.63, 3.8) is 0 Å². The molecule has 0 bridgehead atoms. The molecule has 0 saturated heterocycles. The van der Waals surface area contributed by atoms with Crippen LogP contribution in [0.25, 0.3) is 22.6 Å². The summed E-state index contributed by atoms with van der Waals surface area (Å²) >= 11 is 0. The number of aromatic amines is 1. The lowest BCUT2D eigenvalue weighted by Gasteiger charge is -2.26. The van der Waals surface area contributed by atoms with E-state index in [0.717, 1.165) is 19.4 Å². The number of carbonyl (C=O) groups excluding carboxylic acids is 1. The zero-order chi connectivity index (χ0) is 24.4. The summed E-state index contributed by atoms with van der Waals surface area (Å²) < 4.78 is 50.3. The summed E-state index contributed by atoms with van der Waals surface area (Å²) in [5.41, 5.74) is -0.733. The molecule has 0 aliphatic carbocycles. The smallest absolute Gasteiger partial charge is 0.399 e. The van der Waals surface area contributed by atoms with Crippen molar-refractivity contribution < 1.29 is 27.4 Å². The molecular weight excluding hydrogens is 435 g/mol. The van der Waals surface area contributed by atoms with Crippen molar-refractivity contribution in [3.05, 3.63) is 54.5 Å². The molecule has 0 radical (unpaired) electrons. The molecule has 6 nitrogen and oxygen atoms in total. The number of pyridine rings is 1. The number of rotatable bonds is 7. The van der Waals surface area contributed by atoms with Crippen LogP contribution in [0.3, 0.4) is 0 Å². The maximum atomic E-state index is 13.3. The number of aromatic nitrogens is 3. The number of hydrogen-bond acceptors (Lipinski definition) is 5. The van der Waals surface area contributed by atoms with Crippen LogP contribution in [0.2, 0.25) is 0 Å². The predicted molar refractivity (Wildman–Crippen MR) is 118 cm³/mol. The van der Waals surface area contributed by atoms with Gasteiger partial charge in [-0.1, -0.05) is 0 Å². The van der Waals surface area contributed by atoms with Crippen molar-refractivity contribution in [3.8, 4) is 28.4 Å². The number of hydrogen-bond donors (Lipinski definition) is 1. The van der Waals surface area contributed by atoms with Gasteiger partial charge in [0.15, 0.2) is 0 Å². The summed E-state index contributed by atoms with van der Waals surface area (Å²) in [6.07, 6.45) is -1.64. The minimum Gasteiger partial charge on any atom is -0.492 e. The van der Waals surface area contributed by atoms with E-state index in [4.69, 9.17) is 9.47 Å². The highest BCUT2D eigenvalue weighted by Gasteiger charge is 2.49. The zero-order valence-corrected chi connectivity index (χ0v) is 19.1. The second-order valence-corrected chi connectivity index (χ2v) is 8.89. The Kier molecular flexibility index (Phi) is 6.53. The second kappa shape index (κ2) is 8.88. The lowest BCUT2D eigenvalue weighted by atomic mass is 9.89. The molecule has 3 rings (SSSR count). The average molecular weight is 461 g/mol. The summed E-state index contributed by atoms with van der Waals surface area (Å²) in [5, 5.41) is 0. The highest BCUT2D eigenvalue weighted by Crippen LogP contribution is 2.40. The average Bonchev–Trinajstić information content (AvgIpc) is 3.28. The molecule has 0 aliphatic rings. The summed E-state index contributed by atoms with van der Waals surface area (Å²) in [6, 6.07) is 10.7. The Morgan fingerprint density at radius 3 is 2.12 bits per heavy atom. The van der Waals surface area contributed by atoms with E-state index in [0.29, 0.717) is 22.8 Å². The Labute approximate surface area is 190 Å². The van der Waals surface area contributed by atoms with Gasteiger partial charge in [-0.15, -0.1) is 0 Å².